The first-order chi connectivity index (χ1) is 22.0. The molecule has 10 atom stereocenters. The highest BCUT2D eigenvalue weighted by Crippen LogP contribution is 2.38. The van der Waals surface area contributed by atoms with Crippen molar-refractivity contribution in [1.29, 1.82) is 0 Å². The highest BCUT2D eigenvalue weighted by molar-refractivity contribution is 6.74. The van der Waals surface area contributed by atoms with Crippen LogP contribution in [-0.2, 0) is 75.8 Å². The number of esters is 6. The van der Waals surface area contributed by atoms with E-state index in [9.17, 15) is 33.9 Å². The standard InChI is InChI=1S/C30H48O17Si/c1-14(31)38-12-20-24(41-16(3)33)26(43-18(5)35)27(44-19(6)36)29(45-20)47-28-25(42-17(4)34)22(37)23(40-15(2)32)21(46-28)13-39-48(10,11)30(7,8)9/h20-29,37H,12-13H2,1-11H3/t20-,21-,22+,23+,24-,25-,26+,27-,28-,29-/m1/s1. The minimum Gasteiger partial charge on any atom is -0.463 e. The monoisotopic (exact) mass is 708 g/mol. The third-order valence-corrected chi connectivity index (χ3v) is 12.4. The number of aliphatic hydroxyl groups is 1. The Morgan fingerprint density at radius 1 is 0.583 bits per heavy atom. The normalized spacial score (nSPS) is 30.8. The highest BCUT2D eigenvalue weighted by atomic mass is 28.4. The minimum absolute atomic E-state index is 0.184. The number of carbonyl (C=O) groups is 6. The largest absolute Gasteiger partial charge is 0.463 e. The van der Waals surface area contributed by atoms with Crippen LogP contribution in [0.25, 0.3) is 0 Å². The molecule has 0 bridgehead atoms. The average Bonchev–Trinajstić information content (AvgIpc) is 2.91. The third-order valence-electron chi connectivity index (χ3n) is 7.85. The Kier molecular flexibility index (Phi) is 14.5. The molecular formula is C30H48O17Si. The first kappa shape index (κ1) is 41.0. The fraction of sp³-hybridized carbons (Fsp3) is 0.800. The molecule has 2 aliphatic rings. The van der Waals surface area contributed by atoms with Crippen molar-refractivity contribution in [2.45, 2.75) is 142 Å². The zero-order valence-corrected chi connectivity index (χ0v) is 30.2. The average molecular weight is 709 g/mol. The lowest BCUT2D eigenvalue weighted by molar-refractivity contribution is -0.377. The Bertz CT molecular complexity index is 1180. The summed E-state index contributed by atoms with van der Waals surface area (Å²) in [7, 11) is -2.43. The summed E-state index contributed by atoms with van der Waals surface area (Å²) in [4.78, 5) is 72.5. The molecule has 0 aromatic rings. The molecule has 48 heavy (non-hydrogen) atoms. The van der Waals surface area contributed by atoms with E-state index in [1.165, 1.54) is 0 Å². The van der Waals surface area contributed by atoms with Crippen LogP contribution in [0, 0.1) is 0 Å². The highest BCUT2D eigenvalue weighted by Gasteiger charge is 2.57. The van der Waals surface area contributed by atoms with Gasteiger partial charge in [0.05, 0.1) is 6.61 Å². The Morgan fingerprint density at radius 2 is 0.979 bits per heavy atom. The third kappa shape index (κ3) is 11.5. The van der Waals surface area contributed by atoms with Crippen molar-refractivity contribution in [2.24, 2.45) is 0 Å². The van der Waals surface area contributed by atoms with Gasteiger partial charge < -0.3 is 52.2 Å². The smallest absolute Gasteiger partial charge is 0.303 e. The molecule has 2 rings (SSSR count). The topological polar surface area (TPSA) is 215 Å². The van der Waals surface area contributed by atoms with E-state index in [-0.39, 0.29) is 11.6 Å². The van der Waals surface area contributed by atoms with Crippen molar-refractivity contribution in [3.63, 3.8) is 0 Å². The molecule has 18 heteroatoms. The van der Waals surface area contributed by atoms with Crippen LogP contribution in [0.5, 0.6) is 0 Å². The molecule has 0 aromatic heterocycles. The molecule has 0 aromatic carbocycles. The maximum Gasteiger partial charge on any atom is 0.303 e. The van der Waals surface area contributed by atoms with Gasteiger partial charge in [0.15, 0.2) is 38.8 Å². The second-order valence-corrected chi connectivity index (χ2v) is 17.8. The number of rotatable bonds is 12. The summed E-state index contributed by atoms with van der Waals surface area (Å²) >= 11 is 0. The maximum absolute atomic E-state index is 12.3. The van der Waals surface area contributed by atoms with Crippen molar-refractivity contribution in [2.75, 3.05) is 13.2 Å². The first-order valence-corrected chi connectivity index (χ1v) is 18.2. The SMILES string of the molecule is CC(=O)OC[C@H]1O[C@H](O[C@H]2O[C@H](CO[Si](C)(C)C(C)(C)C)[C@H](OC(C)=O)[C@H](O)[C@H]2OC(C)=O)[C@H](OC(C)=O)[C@@H](OC(C)=O)[C@@H]1OC(C)=O. The van der Waals surface area contributed by atoms with Gasteiger partial charge in [-0.3, -0.25) is 28.8 Å². The van der Waals surface area contributed by atoms with Gasteiger partial charge in [-0.2, -0.15) is 0 Å². The number of hydrogen-bond acceptors (Lipinski definition) is 17. The van der Waals surface area contributed by atoms with Crippen LogP contribution in [0.4, 0.5) is 0 Å². The van der Waals surface area contributed by atoms with E-state index in [0.29, 0.717) is 0 Å². The van der Waals surface area contributed by atoms with Gasteiger partial charge in [-0.15, -0.1) is 0 Å². The Hall–Kier alpha value is -3.16. The number of hydrogen-bond donors (Lipinski definition) is 1. The van der Waals surface area contributed by atoms with Crippen LogP contribution in [0.15, 0.2) is 0 Å². The van der Waals surface area contributed by atoms with E-state index in [1.807, 2.05) is 33.9 Å². The number of carbonyl (C=O) groups excluding carboxylic acids is 6. The van der Waals surface area contributed by atoms with Crippen molar-refractivity contribution in [3.05, 3.63) is 0 Å². The molecule has 17 nitrogen and oxygen atoms in total. The molecule has 0 spiro atoms. The van der Waals surface area contributed by atoms with Crippen molar-refractivity contribution in [1.82, 2.24) is 0 Å². The van der Waals surface area contributed by atoms with Gasteiger partial charge >= 0.3 is 35.8 Å². The summed E-state index contributed by atoms with van der Waals surface area (Å²) < 4.78 is 56.6. The molecule has 0 radical (unpaired) electrons. The van der Waals surface area contributed by atoms with E-state index in [2.05, 4.69) is 0 Å². The fourth-order valence-corrected chi connectivity index (χ4v) is 5.74. The van der Waals surface area contributed by atoms with E-state index < -0.39 is 112 Å². The quantitative estimate of drug-likeness (QED) is 0.170. The van der Waals surface area contributed by atoms with E-state index in [4.69, 9.17) is 47.1 Å². The van der Waals surface area contributed by atoms with Gasteiger partial charge in [0, 0.05) is 41.5 Å². The lowest BCUT2D eigenvalue weighted by Gasteiger charge is -2.48. The van der Waals surface area contributed by atoms with Gasteiger partial charge in [-0.05, 0) is 18.1 Å². The van der Waals surface area contributed by atoms with Gasteiger partial charge in [-0.1, -0.05) is 20.8 Å². The van der Waals surface area contributed by atoms with Crippen molar-refractivity contribution >= 4 is 44.1 Å². The van der Waals surface area contributed by atoms with Crippen LogP contribution < -0.4 is 0 Å². The first-order valence-electron chi connectivity index (χ1n) is 15.3. The minimum atomic E-state index is -2.43. The fourth-order valence-electron chi connectivity index (χ4n) is 4.73. The van der Waals surface area contributed by atoms with E-state index >= 15 is 0 Å². The van der Waals surface area contributed by atoms with Crippen LogP contribution in [0.3, 0.4) is 0 Å². The molecule has 2 heterocycles. The molecule has 0 aliphatic carbocycles. The molecule has 2 fully saturated rings. The molecule has 1 N–H and O–H groups in total. The summed E-state index contributed by atoms with van der Waals surface area (Å²) in [5, 5.41) is 11.2. The van der Waals surface area contributed by atoms with Crippen LogP contribution >= 0.6 is 0 Å². The Balaban J connectivity index is 2.62. The number of ether oxygens (including phenoxy) is 9. The van der Waals surface area contributed by atoms with E-state index in [0.717, 1.165) is 41.5 Å². The summed E-state index contributed by atoms with van der Waals surface area (Å²) in [6.07, 6.45) is -15.4. The number of aliphatic hydroxyl groups excluding tert-OH is 1. The summed E-state index contributed by atoms with van der Waals surface area (Å²) in [5.41, 5.74) is 0. The van der Waals surface area contributed by atoms with Crippen LogP contribution in [0.2, 0.25) is 18.1 Å². The summed E-state index contributed by atoms with van der Waals surface area (Å²) in [6, 6.07) is 0. The van der Waals surface area contributed by atoms with Gasteiger partial charge in [0.25, 0.3) is 0 Å². The maximum atomic E-state index is 12.3. The Labute approximate surface area is 280 Å². The zero-order chi connectivity index (χ0) is 36.7. The van der Waals surface area contributed by atoms with Crippen molar-refractivity contribution < 1.29 is 80.9 Å². The lowest BCUT2D eigenvalue weighted by atomic mass is 9.97. The molecule has 0 unspecified atom stereocenters. The lowest BCUT2D eigenvalue weighted by Crippen LogP contribution is -2.66. The second-order valence-electron chi connectivity index (χ2n) is 13.0. The molecule has 274 valence electrons. The molecule has 2 aliphatic heterocycles. The molecule has 0 amide bonds. The molecular weight excluding hydrogens is 660 g/mol. The molecule has 2 saturated heterocycles. The second kappa shape index (κ2) is 17.0. The summed E-state index contributed by atoms with van der Waals surface area (Å²) in [5.74, 6) is -4.93. The predicted molar refractivity (Wildman–Crippen MR) is 162 cm³/mol. The Morgan fingerprint density at radius 3 is 1.44 bits per heavy atom. The van der Waals surface area contributed by atoms with Crippen molar-refractivity contribution in [3.8, 4) is 0 Å². The summed E-state index contributed by atoms with van der Waals surface area (Å²) in [6.45, 7) is 15.7. The molecule has 0 saturated carbocycles. The van der Waals surface area contributed by atoms with Gasteiger partial charge in [-0.25, -0.2) is 0 Å². The van der Waals surface area contributed by atoms with Gasteiger partial charge in [0.2, 0.25) is 12.6 Å². The zero-order valence-electron chi connectivity index (χ0n) is 29.2. The van der Waals surface area contributed by atoms with Crippen LogP contribution in [-0.4, -0.2) is 124 Å². The van der Waals surface area contributed by atoms with E-state index in [1.54, 1.807) is 0 Å². The van der Waals surface area contributed by atoms with Gasteiger partial charge in [0.1, 0.15) is 24.9 Å². The predicted octanol–water partition coefficient (Wildman–Crippen LogP) is 1.06. The van der Waals surface area contributed by atoms with Crippen LogP contribution in [0.1, 0.15) is 62.3 Å².